The second kappa shape index (κ2) is 7.66. The molecule has 1 aliphatic heterocycles. The summed E-state index contributed by atoms with van der Waals surface area (Å²) in [5.74, 6) is 0.382. The molecule has 0 unspecified atom stereocenters. The molecule has 140 valence electrons. The summed E-state index contributed by atoms with van der Waals surface area (Å²) in [7, 11) is 3.41. The first-order chi connectivity index (χ1) is 12.9. The van der Waals surface area contributed by atoms with Gasteiger partial charge in [-0.3, -0.25) is 14.5 Å². The van der Waals surface area contributed by atoms with Crippen LogP contribution in [0.1, 0.15) is 19.4 Å². The number of likely N-dealkylation sites (N-methyl/N-ethyl adjacent to an activating group) is 1. The molecule has 2 aromatic rings. The van der Waals surface area contributed by atoms with Crippen LogP contribution in [0, 0.1) is 5.92 Å². The highest BCUT2D eigenvalue weighted by molar-refractivity contribution is 6.36. The number of anilines is 1. The first-order valence-electron chi connectivity index (χ1n) is 8.97. The van der Waals surface area contributed by atoms with Gasteiger partial charge in [0.05, 0.1) is 12.7 Å². The van der Waals surface area contributed by atoms with Gasteiger partial charge in [0.25, 0.3) is 11.8 Å². The number of rotatable bonds is 6. The molecular formula is C22H24N2O3. The van der Waals surface area contributed by atoms with Gasteiger partial charge in [-0.25, -0.2) is 0 Å². The van der Waals surface area contributed by atoms with Gasteiger partial charge in [-0.05, 0) is 35.7 Å². The molecule has 27 heavy (non-hydrogen) atoms. The summed E-state index contributed by atoms with van der Waals surface area (Å²) >= 11 is 0. The molecule has 1 heterocycles. The van der Waals surface area contributed by atoms with E-state index < -0.39 is 0 Å². The lowest BCUT2D eigenvalue weighted by atomic mass is 10.0. The molecule has 1 aliphatic rings. The zero-order valence-electron chi connectivity index (χ0n) is 16.1. The zero-order valence-corrected chi connectivity index (χ0v) is 16.1. The zero-order chi connectivity index (χ0) is 19.6. The van der Waals surface area contributed by atoms with Gasteiger partial charge in [-0.15, -0.1) is 0 Å². The molecule has 5 nitrogen and oxygen atoms in total. The van der Waals surface area contributed by atoms with Crippen LogP contribution in [0.3, 0.4) is 0 Å². The Bertz CT molecular complexity index is 870. The van der Waals surface area contributed by atoms with Gasteiger partial charge in [-0.1, -0.05) is 44.2 Å². The highest BCUT2D eigenvalue weighted by Gasteiger charge is 2.41. The molecule has 0 radical (unpaired) electrons. The Hall–Kier alpha value is -3.08. The molecule has 0 aliphatic carbocycles. The summed E-state index contributed by atoms with van der Waals surface area (Å²) in [4.78, 5) is 29.4. The number of hydrogen-bond donors (Lipinski definition) is 0. The monoisotopic (exact) mass is 364 g/mol. The summed E-state index contributed by atoms with van der Waals surface area (Å²) in [6.07, 6.45) is 0. The van der Waals surface area contributed by atoms with Crippen LogP contribution in [0.25, 0.3) is 5.57 Å². The van der Waals surface area contributed by atoms with E-state index in [4.69, 9.17) is 4.74 Å². The quantitative estimate of drug-likeness (QED) is 0.736. The van der Waals surface area contributed by atoms with Gasteiger partial charge in [0.15, 0.2) is 0 Å². The third-order valence-electron chi connectivity index (χ3n) is 4.55. The Labute approximate surface area is 159 Å². The molecule has 0 aromatic heterocycles. The van der Waals surface area contributed by atoms with Gasteiger partial charge >= 0.3 is 0 Å². The van der Waals surface area contributed by atoms with E-state index in [9.17, 15) is 9.59 Å². The van der Waals surface area contributed by atoms with Crippen molar-refractivity contribution in [2.45, 2.75) is 13.8 Å². The molecule has 0 bridgehead atoms. The maximum absolute atomic E-state index is 13.2. The van der Waals surface area contributed by atoms with Crippen molar-refractivity contribution in [1.82, 2.24) is 4.90 Å². The number of carbonyl (C=O) groups is 2. The molecule has 0 spiro atoms. The summed E-state index contributed by atoms with van der Waals surface area (Å²) in [5.41, 5.74) is 2.39. The predicted molar refractivity (Wildman–Crippen MR) is 106 cm³/mol. The van der Waals surface area contributed by atoms with Gasteiger partial charge < -0.3 is 9.64 Å². The standard InChI is InChI=1S/C22H24N2O3/c1-15(2)14-24-21(25)19(16-10-12-18(27-4)13-11-16)20(22(24)26)23(3)17-8-6-5-7-9-17/h5-13,15H,14H2,1-4H3. The predicted octanol–water partition coefficient (Wildman–Crippen LogP) is 3.57. The molecule has 3 rings (SSSR count). The SMILES string of the molecule is COc1ccc(C2=C(N(C)c3ccccc3)C(=O)N(CC(C)C)C2=O)cc1. The lowest BCUT2D eigenvalue weighted by Crippen LogP contribution is -2.36. The largest absolute Gasteiger partial charge is 0.497 e. The van der Waals surface area contributed by atoms with Crippen LogP contribution in [0.2, 0.25) is 0 Å². The van der Waals surface area contributed by atoms with Crippen molar-refractivity contribution >= 4 is 23.1 Å². The van der Waals surface area contributed by atoms with Gasteiger partial charge in [0.1, 0.15) is 11.4 Å². The minimum atomic E-state index is -0.258. The van der Waals surface area contributed by atoms with Crippen LogP contribution in [0.5, 0.6) is 5.75 Å². The third kappa shape index (κ3) is 3.58. The number of hydrogen-bond acceptors (Lipinski definition) is 4. The van der Waals surface area contributed by atoms with E-state index in [-0.39, 0.29) is 17.7 Å². The van der Waals surface area contributed by atoms with Crippen molar-refractivity contribution in [3.05, 3.63) is 65.9 Å². The Morgan fingerprint density at radius 1 is 0.963 bits per heavy atom. The second-order valence-electron chi connectivity index (χ2n) is 6.96. The summed E-state index contributed by atoms with van der Waals surface area (Å²) in [5, 5.41) is 0. The van der Waals surface area contributed by atoms with E-state index in [1.54, 1.807) is 24.1 Å². The summed E-state index contributed by atoms with van der Waals surface area (Å²) in [6.45, 7) is 4.38. The number of nitrogens with zero attached hydrogens (tertiary/aromatic N) is 2. The van der Waals surface area contributed by atoms with Crippen LogP contribution < -0.4 is 9.64 Å². The number of methoxy groups -OCH3 is 1. The second-order valence-corrected chi connectivity index (χ2v) is 6.96. The summed E-state index contributed by atoms with van der Waals surface area (Å²) in [6, 6.07) is 16.8. The van der Waals surface area contributed by atoms with Crippen LogP contribution in [0.4, 0.5) is 5.69 Å². The Morgan fingerprint density at radius 3 is 2.15 bits per heavy atom. The molecule has 0 fully saturated rings. The van der Waals surface area contributed by atoms with E-state index in [1.165, 1.54) is 4.90 Å². The first kappa shape index (κ1) is 18.7. The van der Waals surface area contributed by atoms with E-state index in [0.29, 0.717) is 29.1 Å². The Balaban J connectivity index is 2.11. The van der Waals surface area contributed by atoms with Crippen LogP contribution in [-0.4, -0.2) is 37.4 Å². The molecule has 0 atom stereocenters. The minimum Gasteiger partial charge on any atom is -0.497 e. The van der Waals surface area contributed by atoms with Crippen molar-refractivity contribution in [1.29, 1.82) is 0 Å². The Kier molecular flexibility index (Phi) is 5.31. The number of imide groups is 1. The molecule has 0 saturated carbocycles. The van der Waals surface area contributed by atoms with Crippen molar-refractivity contribution in [2.24, 2.45) is 5.92 Å². The fourth-order valence-electron chi connectivity index (χ4n) is 3.20. The van der Waals surface area contributed by atoms with E-state index in [1.807, 2.05) is 63.4 Å². The molecule has 5 heteroatoms. The van der Waals surface area contributed by atoms with E-state index in [0.717, 1.165) is 5.69 Å². The van der Waals surface area contributed by atoms with Gasteiger partial charge in [0, 0.05) is 19.3 Å². The lowest BCUT2D eigenvalue weighted by molar-refractivity contribution is -0.137. The molecule has 0 saturated heterocycles. The summed E-state index contributed by atoms with van der Waals surface area (Å²) < 4.78 is 5.21. The van der Waals surface area contributed by atoms with Crippen molar-refractivity contribution in [2.75, 3.05) is 25.6 Å². The first-order valence-corrected chi connectivity index (χ1v) is 8.97. The maximum Gasteiger partial charge on any atom is 0.278 e. The van der Waals surface area contributed by atoms with Crippen molar-refractivity contribution < 1.29 is 14.3 Å². The number of benzene rings is 2. The van der Waals surface area contributed by atoms with Crippen LogP contribution >= 0.6 is 0 Å². The molecule has 2 aromatic carbocycles. The van der Waals surface area contributed by atoms with Gasteiger partial charge in [-0.2, -0.15) is 0 Å². The van der Waals surface area contributed by atoms with Gasteiger partial charge in [0.2, 0.25) is 0 Å². The fourth-order valence-corrected chi connectivity index (χ4v) is 3.20. The number of carbonyl (C=O) groups excluding carboxylic acids is 2. The van der Waals surface area contributed by atoms with Crippen molar-refractivity contribution in [3.63, 3.8) is 0 Å². The minimum absolute atomic E-state index is 0.191. The number of ether oxygens (including phenoxy) is 1. The van der Waals surface area contributed by atoms with Crippen LogP contribution in [0.15, 0.2) is 60.3 Å². The van der Waals surface area contributed by atoms with E-state index >= 15 is 0 Å². The third-order valence-corrected chi connectivity index (χ3v) is 4.55. The topological polar surface area (TPSA) is 49.9 Å². The normalized spacial score (nSPS) is 14.3. The highest BCUT2D eigenvalue weighted by Crippen LogP contribution is 2.34. The smallest absolute Gasteiger partial charge is 0.278 e. The average Bonchev–Trinajstić information content (AvgIpc) is 2.92. The average molecular weight is 364 g/mol. The fraction of sp³-hybridized carbons (Fsp3) is 0.273. The van der Waals surface area contributed by atoms with E-state index in [2.05, 4.69) is 0 Å². The molecular weight excluding hydrogens is 340 g/mol. The number of amides is 2. The highest BCUT2D eigenvalue weighted by atomic mass is 16.5. The maximum atomic E-state index is 13.2. The lowest BCUT2D eigenvalue weighted by Gasteiger charge is -2.22. The molecule has 0 N–H and O–H groups in total. The Morgan fingerprint density at radius 2 is 1.59 bits per heavy atom. The van der Waals surface area contributed by atoms with Crippen molar-refractivity contribution in [3.8, 4) is 5.75 Å². The van der Waals surface area contributed by atoms with Crippen LogP contribution in [-0.2, 0) is 9.59 Å². The number of para-hydroxylation sites is 1. The molecule has 2 amide bonds.